The Labute approximate surface area is 190 Å². The van der Waals surface area contributed by atoms with Crippen LogP contribution in [0.2, 0.25) is 5.02 Å². The number of aliphatic hydroxyl groups is 1. The molecule has 3 aromatic rings. The number of amides is 1. The van der Waals surface area contributed by atoms with E-state index in [9.17, 15) is 19.8 Å². The third-order valence-corrected chi connectivity index (χ3v) is 5.99. The number of benzene rings is 3. The van der Waals surface area contributed by atoms with Crippen LogP contribution in [0.3, 0.4) is 0 Å². The van der Waals surface area contributed by atoms with Gasteiger partial charge in [0, 0.05) is 26.9 Å². The lowest BCUT2D eigenvalue weighted by Crippen LogP contribution is -2.35. The van der Waals surface area contributed by atoms with Gasteiger partial charge < -0.3 is 15.1 Å². The van der Waals surface area contributed by atoms with E-state index >= 15 is 0 Å². The Kier molecular flexibility index (Phi) is 8.12. The van der Waals surface area contributed by atoms with Crippen molar-refractivity contribution in [2.45, 2.75) is 22.3 Å². The Hall–Kier alpha value is -2.80. The number of hydrogen-bond acceptors (Lipinski definition) is 4. The van der Waals surface area contributed by atoms with Crippen LogP contribution in [0.15, 0.2) is 82.6 Å². The summed E-state index contributed by atoms with van der Waals surface area (Å²) < 4.78 is 0. The summed E-state index contributed by atoms with van der Waals surface area (Å²) in [5.41, 5.74) is 2.23. The Morgan fingerprint density at radius 1 is 1.03 bits per heavy atom. The molecule has 0 bridgehead atoms. The van der Waals surface area contributed by atoms with Crippen molar-refractivity contribution in [3.8, 4) is 0 Å². The summed E-state index contributed by atoms with van der Waals surface area (Å²) in [4.78, 5) is 25.7. The molecule has 2 N–H and O–H groups in total. The quantitative estimate of drug-likeness (QED) is 0.413. The van der Waals surface area contributed by atoms with Gasteiger partial charge in [0.25, 0.3) is 0 Å². The lowest BCUT2D eigenvalue weighted by molar-refractivity contribution is 0.0973. The molecule has 3 rings (SSSR count). The molecular weight excluding hydrogens is 434 g/mol. The third-order valence-electron chi connectivity index (χ3n) is 4.74. The zero-order chi connectivity index (χ0) is 22.2. The number of carboxylic acid groups (broad SMARTS) is 1. The summed E-state index contributed by atoms with van der Waals surface area (Å²) in [6.07, 6.45) is -0.670. The van der Waals surface area contributed by atoms with Crippen molar-refractivity contribution in [1.29, 1.82) is 0 Å². The largest absolute Gasteiger partial charge is 0.465 e. The van der Waals surface area contributed by atoms with Crippen molar-refractivity contribution >= 4 is 35.7 Å². The second kappa shape index (κ2) is 11.0. The van der Waals surface area contributed by atoms with E-state index in [0.29, 0.717) is 22.6 Å². The lowest BCUT2D eigenvalue weighted by atomic mass is 10.1. The van der Waals surface area contributed by atoms with Gasteiger partial charge in [0.2, 0.25) is 0 Å². The van der Waals surface area contributed by atoms with E-state index in [4.69, 9.17) is 11.6 Å². The number of rotatable bonds is 9. The van der Waals surface area contributed by atoms with E-state index in [-0.39, 0.29) is 13.1 Å². The molecule has 3 aromatic carbocycles. The number of aliphatic hydroxyl groups excluding tert-OH is 1. The maximum Gasteiger partial charge on any atom is 0.407 e. The minimum absolute atomic E-state index is 0.0274. The van der Waals surface area contributed by atoms with Crippen LogP contribution in [0.4, 0.5) is 4.79 Å². The van der Waals surface area contributed by atoms with Gasteiger partial charge in [0.05, 0.1) is 12.6 Å². The highest BCUT2D eigenvalue weighted by atomic mass is 35.5. The average Bonchev–Trinajstić information content (AvgIpc) is 2.77. The maximum absolute atomic E-state index is 11.6. The molecule has 31 heavy (non-hydrogen) atoms. The molecule has 0 spiro atoms. The Morgan fingerprint density at radius 3 is 2.26 bits per heavy atom. The molecule has 7 heteroatoms. The fourth-order valence-corrected chi connectivity index (χ4v) is 4.05. The van der Waals surface area contributed by atoms with Gasteiger partial charge in [0.15, 0.2) is 0 Å². The molecule has 0 aromatic heterocycles. The zero-order valence-corrected chi connectivity index (χ0v) is 18.2. The van der Waals surface area contributed by atoms with Crippen LogP contribution in [0.1, 0.15) is 27.6 Å². The van der Waals surface area contributed by atoms with Crippen molar-refractivity contribution in [3.63, 3.8) is 0 Å². The first-order valence-electron chi connectivity index (χ1n) is 9.68. The highest BCUT2D eigenvalue weighted by Crippen LogP contribution is 2.28. The van der Waals surface area contributed by atoms with Gasteiger partial charge >= 0.3 is 6.09 Å². The molecular formula is C24H22ClNO4S. The summed E-state index contributed by atoms with van der Waals surface area (Å²) in [6.45, 7) is 0.243. The van der Waals surface area contributed by atoms with Gasteiger partial charge in [-0.05, 0) is 53.9 Å². The van der Waals surface area contributed by atoms with E-state index in [1.807, 2.05) is 36.4 Å². The molecule has 0 fully saturated rings. The number of hydrogen-bond donors (Lipinski definition) is 2. The van der Waals surface area contributed by atoms with Crippen molar-refractivity contribution < 1.29 is 19.8 Å². The van der Waals surface area contributed by atoms with Crippen molar-refractivity contribution in [3.05, 3.63) is 94.5 Å². The van der Waals surface area contributed by atoms with E-state index in [2.05, 4.69) is 0 Å². The van der Waals surface area contributed by atoms with E-state index in [1.165, 1.54) is 4.90 Å². The van der Waals surface area contributed by atoms with Crippen molar-refractivity contribution in [2.75, 3.05) is 13.1 Å². The summed E-state index contributed by atoms with van der Waals surface area (Å²) in [5, 5.41) is 20.4. The van der Waals surface area contributed by atoms with Crippen molar-refractivity contribution in [2.24, 2.45) is 0 Å². The number of aldehydes is 1. The van der Waals surface area contributed by atoms with Gasteiger partial charge in [0.1, 0.15) is 6.29 Å². The fraction of sp³-hybridized carbons (Fsp3) is 0.167. The second-order valence-corrected chi connectivity index (χ2v) is 8.57. The zero-order valence-electron chi connectivity index (χ0n) is 16.6. The third kappa shape index (κ3) is 6.85. The number of nitrogens with zero attached hydrogens (tertiary/aromatic N) is 1. The number of carbonyl (C=O) groups excluding carboxylic acids is 1. The normalized spacial score (nSPS) is 11.7. The molecule has 0 heterocycles. The highest BCUT2D eigenvalue weighted by molar-refractivity contribution is 7.99. The molecule has 0 radical (unpaired) electrons. The molecule has 160 valence electrons. The predicted molar refractivity (Wildman–Crippen MR) is 122 cm³/mol. The lowest BCUT2D eigenvalue weighted by Gasteiger charge is -2.23. The standard InChI is InChI=1S/C24H22ClNO4S/c25-20-3-1-2-19(14-20)23(28)15-26(24(29)30)13-12-17-4-8-21(9-5-17)31-22-10-6-18(16-27)7-11-22/h1-11,14,16,23,28H,12-13,15H2,(H,29,30)/t23-/m0/s1. The van der Waals surface area contributed by atoms with Gasteiger partial charge in [-0.1, -0.05) is 59.8 Å². The van der Waals surface area contributed by atoms with E-state index in [0.717, 1.165) is 21.6 Å². The predicted octanol–water partition coefficient (Wildman–Crippen LogP) is 5.56. The van der Waals surface area contributed by atoms with Crippen LogP contribution < -0.4 is 0 Å². The van der Waals surface area contributed by atoms with Gasteiger partial charge in [-0.25, -0.2) is 4.79 Å². The van der Waals surface area contributed by atoms with Crippen LogP contribution in [-0.2, 0) is 6.42 Å². The number of halogens is 1. The van der Waals surface area contributed by atoms with Crippen LogP contribution >= 0.6 is 23.4 Å². The monoisotopic (exact) mass is 455 g/mol. The van der Waals surface area contributed by atoms with E-state index < -0.39 is 12.2 Å². The van der Waals surface area contributed by atoms with Crippen LogP contribution in [-0.4, -0.2) is 40.6 Å². The van der Waals surface area contributed by atoms with Gasteiger partial charge in [-0.3, -0.25) is 4.79 Å². The molecule has 0 saturated heterocycles. The van der Waals surface area contributed by atoms with Crippen LogP contribution in [0, 0.1) is 0 Å². The molecule has 1 amide bonds. The second-order valence-electron chi connectivity index (χ2n) is 6.98. The van der Waals surface area contributed by atoms with Crippen LogP contribution in [0.5, 0.6) is 0 Å². The Bertz CT molecular complexity index is 1020. The Morgan fingerprint density at radius 2 is 1.68 bits per heavy atom. The average molecular weight is 456 g/mol. The topological polar surface area (TPSA) is 77.8 Å². The first-order valence-corrected chi connectivity index (χ1v) is 10.9. The number of carbonyl (C=O) groups is 2. The van der Waals surface area contributed by atoms with E-state index in [1.54, 1.807) is 48.2 Å². The molecule has 0 aliphatic carbocycles. The SMILES string of the molecule is O=Cc1ccc(Sc2ccc(CCN(C[C@H](O)c3cccc(Cl)c3)C(=O)O)cc2)cc1. The molecule has 5 nitrogen and oxygen atoms in total. The minimum Gasteiger partial charge on any atom is -0.465 e. The van der Waals surface area contributed by atoms with Crippen molar-refractivity contribution in [1.82, 2.24) is 4.90 Å². The highest BCUT2D eigenvalue weighted by Gasteiger charge is 2.18. The minimum atomic E-state index is -1.08. The Balaban J connectivity index is 1.56. The molecule has 1 atom stereocenters. The molecule has 0 aliphatic rings. The van der Waals surface area contributed by atoms with Gasteiger partial charge in [-0.15, -0.1) is 0 Å². The smallest absolute Gasteiger partial charge is 0.407 e. The molecule has 0 aliphatic heterocycles. The first-order chi connectivity index (χ1) is 14.9. The van der Waals surface area contributed by atoms with Gasteiger partial charge in [-0.2, -0.15) is 0 Å². The summed E-state index contributed by atoms with van der Waals surface area (Å²) in [5.74, 6) is 0. The first kappa shape index (κ1) is 22.9. The fourth-order valence-electron chi connectivity index (χ4n) is 3.03. The maximum atomic E-state index is 11.6. The summed E-state index contributed by atoms with van der Waals surface area (Å²) in [6, 6.07) is 22.1. The molecule has 0 unspecified atom stereocenters. The molecule has 0 saturated carbocycles. The summed E-state index contributed by atoms with van der Waals surface area (Å²) in [7, 11) is 0. The van der Waals surface area contributed by atoms with Crippen LogP contribution in [0.25, 0.3) is 0 Å². The summed E-state index contributed by atoms with van der Waals surface area (Å²) >= 11 is 7.54.